The highest BCUT2D eigenvalue weighted by Crippen LogP contribution is 2.10. The van der Waals surface area contributed by atoms with Crippen molar-refractivity contribution in [2.75, 3.05) is 32.5 Å². The van der Waals surface area contributed by atoms with Crippen molar-refractivity contribution in [3.63, 3.8) is 0 Å². The van der Waals surface area contributed by atoms with Crippen molar-refractivity contribution in [2.45, 2.75) is 12.8 Å². The Kier molecular flexibility index (Phi) is 3.98. The van der Waals surface area contributed by atoms with E-state index in [2.05, 4.69) is 39.8 Å². The van der Waals surface area contributed by atoms with Gasteiger partial charge in [0.15, 0.2) is 0 Å². The average molecular weight is 232 g/mol. The van der Waals surface area contributed by atoms with Crippen LogP contribution in [0.3, 0.4) is 0 Å². The van der Waals surface area contributed by atoms with Gasteiger partial charge in [-0.15, -0.1) is 0 Å². The van der Waals surface area contributed by atoms with Gasteiger partial charge in [0.25, 0.3) is 0 Å². The van der Waals surface area contributed by atoms with Crippen LogP contribution in [-0.2, 0) is 0 Å². The fraction of sp³-hybridized carbons (Fsp3) is 0.462. The molecule has 2 heterocycles. The summed E-state index contributed by atoms with van der Waals surface area (Å²) in [4.78, 5) is 6.48. The molecule has 2 aromatic rings. The van der Waals surface area contributed by atoms with E-state index in [1.54, 1.807) is 0 Å². The first-order valence-electron chi connectivity index (χ1n) is 6.08. The lowest BCUT2D eigenvalue weighted by Gasteiger charge is -2.11. The molecule has 92 valence electrons. The normalized spacial score (nSPS) is 11.2. The van der Waals surface area contributed by atoms with E-state index in [1.165, 1.54) is 12.8 Å². The minimum Gasteiger partial charge on any atom is -0.371 e. The fourth-order valence-electron chi connectivity index (χ4n) is 1.86. The van der Waals surface area contributed by atoms with E-state index in [1.807, 2.05) is 24.5 Å². The third-order valence-corrected chi connectivity index (χ3v) is 2.77. The molecule has 4 heteroatoms. The van der Waals surface area contributed by atoms with Crippen LogP contribution in [0, 0.1) is 0 Å². The number of anilines is 1. The monoisotopic (exact) mass is 232 g/mol. The summed E-state index contributed by atoms with van der Waals surface area (Å²) >= 11 is 0. The van der Waals surface area contributed by atoms with Crippen molar-refractivity contribution in [1.82, 2.24) is 14.3 Å². The lowest BCUT2D eigenvalue weighted by molar-refractivity contribution is 0.396. The molecule has 1 N–H and O–H groups in total. The number of imidazole rings is 1. The molecule has 0 atom stereocenters. The Balaban J connectivity index is 1.84. The van der Waals surface area contributed by atoms with Crippen LogP contribution in [0.2, 0.25) is 0 Å². The van der Waals surface area contributed by atoms with Gasteiger partial charge in [0.2, 0.25) is 0 Å². The molecule has 0 fully saturated rings. The zero-order chi connectivity index (χ0) is 12.1. The Morgan fingerprint density at radius 3 is 3.00 bits per heavy atom. The van der Waals surface area contributed by atoms with E-state index < -0.39 is 0 Å². The number of unbranched alkanes of at least 4 members (excludes halogenated alkanes) is 1. The van der Waals surface area contributed by atoms with Gasteiger partial charge in [-0.25, -0.2) is 4.98 Å². The van der Waals surface area contributed by atoms with Gasteiger partial charge in [-0.2, -0.15) is 0 Å². The van der Waals surface area contributed by atoms with Crippen LogP contribution in [-0.4, -0.2) is 41.5 Å². The van der Waals surface area contributed by atoms with E-state index in [-0.39, 0.29) is 0 Å². The van der Waals surface area contributed by atoms with Crippen molar-refractivity contribution < 1.29 is 0 Å². The Labute approximate surface area is 102 Å². The van der Waals surface area contributed by atoms with E-state index in [9.17, 15) is 0 Å². The molecule has 0 aromatic carbocycles. The third-order valence-electron chi connectivity index (χ3n) is 2.77. The molecule has 0 amide bonds. The first-order valence-corrected chi connectivity index (χ1v) is 6.08. The number of hydrogen-bond donors (Lipinski definition) is 1. The Morgan fingerprint density at radius 2 is 2.18 bits per heavy atom. The first-order chi connectivity index (χ1) is 8.27. The predicted octanol–water partition coefficient (Wildman–Crippen LogP) is 2.09. The molecule has 0 saturated carbocycles. The van der Waals surface area contributed by atoms with Crippen LogP contribution in [0.4, 0.5) is 5.82 Å². The van der Waals surface area contributed by atoms with E-state index >= 15 is 0 Å². The quantitative estimate of drug-likeness (QED) is 0.774. The molecule has 0 saturated heterocycles. The van der Waals surface area contributed by atoms with Crippen LogP contribution < -0.4 is 5.32 Å². The van der Waals surface area contributed by atoms with Gasteiger partial charge in [0, 0.05) is 18.9 Å². The van der Waals surface area contributed by atoms with Crippen LogP contribution in [0.5, 0.6) is 0 Å². The largest absolute Gasteiger partial charge is 0.371 e. The maximum absolute atomic E-state index is 4.26. The second-order valence-corrected chi connectivity index (χ2v) is 4.50. The summed E-state index contributed by atoms with van der Waals surface area (Å²) in [6.45, 7) is 2.15. The highest BCUT2D eigenvalue weighted by atomic mass is 15.1. The van der Waals surface area contributed by atoms with E-state index in [4.69, 9.17) is 0 Å². The zero-order valence-electron chi connectivity index (χ0n) is 10.6. The number of fused-ring (bicyclic) bond motifs is 1. The van der Waals surface area contributed by atoms with Crippen molar-refractivity contribution in [3.8, 4) is 0 Å². The maximum atomic E-state index is 4.26. The summed E-state index contributed by atoms with van der Waals surface area (Å²) < 4.78 is 2.08. The summed E-state index contributed by atoms with van der Waals surface area (Å²) in [6.07, 6.45) is 6.22. The lowest BCUT2D eigenvalue weighted by atomic mass is 10.3. The van der Waals surface area contributed by atoms with Gasteiger partial charge < -0.3 is 10.2 Å². The summed E-state index contributed by atoms with van der Waals surface area (Å²) in [5, 5.41) is 3.45. The zero-order valence-corrected chi connectivity index (χ0v) is 10.6. The van der Waals surface area contributed by atoms with Gasteiger partial charge in [-0.1, -0.05) is 6.07 Å². The molecule has 0 unspecified atom stereocenters. The Hall–Kier alpha value is -1.55. The van der Waals surface area contributed by atoms with E-state index in [0.717, 1.165) is 24.6 Å². The number of nitrogens with one attached hydrogen (secondary N) is 1. The second kappa shape index (κ2) is 5.68. The standard InChI is InChI=1S/C13H20N4/c1-16(2)10-4-3-8-14-12-6-5-7-13-15-9-11-17(12)13/h5-7,9,11,14H,3-4,8,10H2,1-2H3. The summed E-state index contributed by atoms with van der Waals surface area (Å²) in [7, 11) is 4.22. The van der Waals surface area contributed by atoms with Crippen molar-refractivity contribution in [1.29, 1.82) is 0 Å². The molecule has 0 aliphatic carbocycles. The molecule has 0 bridgehead atoms. The average Bonchev–Trinajstić information content (AvgIpc) is 2.77. The van der Waals surface area contributed by atoms with Gasteiger partial charge in [0.05, 0.1) is 0 Å². The van der Waals surface area contributed by atoms with Crippen molar-refractivity contribution in [3.05, 3.63) is 30.6 Å². The SMILES string of the molecule is CN(C)CCCCNc1cccc2nccn12. The summed E-state index contributed by atoms with van der Waals surface area (Å²) in [6, 6.07) is 6.13. The number of pyridine rings is 1. The minimum atomic E-state index is 0.989. The highest BCUT2D eigenvalue weighted by Gasteiger charge is 1.99. The molecule has 17 heavy (non-hydrogen) atoms. The molecule has 0 aliphatic rings. The summed E-state index contributed by atoms with van der Waals surface area (Å²) in [5.74, 6) is 1.12. The third kappa shape index (κ3) is 3.20. The van der Waals surface area contributed by atoms with Gasteiger partial charge in [-0.05, 0) is 45.6 Å². The molecule has 0 radical (unpaired) electrons. The van der Waals surface area contributed by atoms with Crippen molar-refractivity contribution >= 4 is 11.5 Å². The fourth-order valence-corrected chi connectivity index (χ4v) is 1.86. The molecule has 2 aromatic heterocycles. The number of rotatable bonds is 6. The van der Waals surface area contributed by atoms with Crippen LogP contribution in [0.15, 0.2) is 30.6 Å². The van der Waals surface area contributed by atoms with Gasteiger partial charge >= 0.3 is 0 Å². The highest BCUT2D eigenvalue weighted by molar-refractivity contribution is 5.49. The molecule has 4 nitrogen and oxygen atoms in total. The van der Waals surface area contributed by atoms with Gasteiger partial charge in [0.1, 0.15) is 11.5 Å². The predicted molar refractivity (Wildman–Crippen MR) is 71.5 cm³/mol. The van der Waals surface area contributed by atoms with Gasteiger partial charge in [-0.3, -0.25) is 4.40 Å². The molecule has 2 rings (SSSR count). The topological polar surface area (TPSA) is 32.6 Å². The number of hydrogen-bond acceptors (Lipinski definition) is 3. The molecular weight excluding hydrogens is 212 g/mol. The first kappa shape index (κ1) is 11.9. The Morgan fingerprint density at radius 1 is 1.29 bits per heavy atom. The van der Waals surface area contributed by atoms with E-state index in [0.29, 0.717) is 0 Å². The van der Waals surface area contributed by atoms with Crippen LogP contribution in [0.1, 0.15) is 12.8 Å². The number of aromatic nitrogens is 2. The summed E-state index contributed by atoms with van der Waals surface area (Å²) in [5.41, 5.74) is 0.989. The van der Waals surface area contributed by atoms with Crippen LogP contribution in [0.25, 0.3) is 5.65 Å². The lowest BCUT2D eigenvalue weighted by Crippen LogP contribution is -2.14. The number of nitrogens with zero attached hydrogens (tertiary/aromatic N) is 3. The smallest absolute Gasteiger partial charge is 0.138 e. The van der Waals surface area contributed by atoms with Crippen molar-refractivity contribution in [2.24, 2.45) is 0 Å². The molecule has 0 aliphatic heterocycles. The minimum absolute atomic E-state index is 0.989. The molecular formula is C13H20N4. The molecule has 0 spiro atoms. The van der Waals surface area contributed by atoms with Crippen LogP contribution >= 0.6 is 0 Å². The Bertz CT molecular complexity index is 461. The second-order valence-electron chi connectivity index (χ2n) is 4.50. The maximum Gasteiger partial charge on any atom is 0.138 e.